The lowest BCUT2D eigenvalue weighted by Gasteiger charge is -2.37. The number of aliphatic hydroxyl groups excluding tert-OH is 1. The van der Waals surface area contributed by atoms with Crippen molar-refractivity contribution < 1.29 is 28.8 Å². The summed E-state index contributed by atoms with van der Waals surface area (Å²) >= 11 is 0. The van der Waals surface area contributed by atoms with Gasteiger partial charge in [-0.15, -0.1) is 0 Å². The molecular formula is C35H37N5O7. The fraction of sp³-hybridized carbons (Fsp3) is 0.314. The molecule has 5 aromatic rings. The first-order valence-corrected chi connectivity index (χ1v) is 15.3. The summed E-state index contributed by atoms with van der Waals surface area (Å²) in [6.45, 7) is 3.57. The number of hydrogen-bond donors (Lipinski definition) is 3. The minimum Gasteiger partial charge on any atom is -0.497 e. The normalized spacial score (nSPS) is 18.0. The third kappa shape index (κ3) is 6.22. The summed E-state index contributed by atoms with van der Waals surface area (Å²) in [6.07, 6.45) is -0.732. The molecule has 1 amide bonds. The number of carbonyl (C=O) groups excluding carboxylic acids is 1. The summed E-state index contributed by atoms with van der Waals surface area (Å²) in [6, 6.07) is 25.3. The second-order valence-corrected chi connectivity index (χ2v) is 11.6. The molecular weight excluding hydrogens is 602 g/mol. The molecule has 244 valence electrons. The van der Waals surface area contributed by atoms with Gasteiger partial charge in [0.2, 0.25) is 11.9 Å². The second kappa shape index (κ2) is 13.4. The topological polar surface area (TPSA) is 150 Å². The monoisotopic (exact) mass is 639 g/mol. The van der Waals surface area contributed by atoms with Crippen molar-refractivity contribution in [3.63, 3.8) is 0 Å². The molecule has 3 N–H and O–H groups in total. The lowest BCUT2D eigenvalue weighted by molar-refractivity contribution is -0.118. The van der Waals surface area contributed by atoms with Crippen molar-refractivity contribution in [2.45, 2.75) is 44.3 Å². The quantitative estimate of drug-likeness (QED) is 0.179. The number of imidazole rings is 1. The molecule has 12 nitrogen and oxygen atoms in total. The van der Waals surface area contributed by atoms with E-state index >= 15 is 0 Å². The van der Waals surface area contributed by atoms with Gasteiger partial charge in [0, 0.05) is 12.3 Å². The predicted octanol–water partition coefficient (Wildman–Crippen LogP) is 4.39. The first-order valence-electron chi connectivity index (χ1n) is 15.3. The lowest BCUT2D eigenvalue weighted by atomic mass is 9.80. The fourth-order valence-corrected chi connectivity index (χ4v) is 5.81. The molecule has 47 heavy (non-hydrogen) atoms. The zero-order valence-electron chi connectivity index (χ0n) is 26.5. The summed E-state index contributed by atoms with van der Waals surface area (Å²) < 4.78 is 25.7. The Morgan fingerprint density at radius 3 is 2.17 bits per heavy atom. The molecule has 0 radical (unpaired) electrons. The van der Waals surface area contributed by atoms with Gasteiger partial charge in [-0.05, 0) is 41.0 Å². The highest BCUT2D eigenvalue weighted by molar-refractivity contribution is 5.91. The number of nitrogens with zero attached hydrogens (tertiary/aromatic N) is 3. The minimum atomic E-state index is -1.06. The van der Waals surface area contributed by atoms with Gasteiger partial charge < -0.3 is 24.1 Å². The first-order chi connectivity index (χ1) is 22.7. The van der Waals surface area contributed by atoms with Crippen LogP contribution in [0.2, 0.25) is 0 Å². The molecule has 12 heteroatoms. The largest absolute Gasteiger partial charge is 0.497 e. The molecule has 3 unspecified atom stereocenters. The molecule has 0 bridgehead atoms. The molecule has 6 rings (SSSR count). The van der Waals surface area contributed by atoms with Crippen LogP contribution in [0.1, 0.15) is 43.2 Å². The average molecular weight is 640 g/mol. The number of aromatic nitrogens is 4. The second-order valence-electron chi connectivity index (χ2n) is 11.6. The molecule has 3 atom stereocenters. The number of benzene rings is 3. The van der Waals surface area contributed by atoms with Gasteiger partial charge in [-0.3, -0.25) is 24.5 Å². The van der Waals surface area contributed by atoms with Crippen molar-refractivity contribution in [1.82, 2.24) is 19.5 Å². The van der Waals surface area contributed by atoms with Crippen molar-refractivity contribution in [1.29, 1.82) is 0 Å². The first kappa shape index (κ1) is 31.9. The van der Waals surface area contributed by atoms with Gasteiger partial charge in [-0.25, -0.2) is 4.98 Å². The summed E-state index contributed by atoms with van der Waals surface area (Å²) in [7, 11) is 3.24. The van der Waals surface area contributed by atoms with Crippen LogP contribution in [0.15, 0.2) is 90.0 Å². The zero-order valence-corrected chi connectivity index (χ0v) is 26.5. The number of amides is 1. The predicted molar refractivity (Wildman–Crippen MR) is 174 cm³/mol. The van der Waals surface area contributed by atoms with E-state index in [0.717, 1.165) is 16.7 Å². The van der Waals surface area contributed by atoms with E-state index in [1.165, 1.54) is 10.9 Å². The van der Waals surface area contributed by atoms with Gasteiger partial charge >= 0.3 is 0 Å². The Kier molecular flexibility index (Phi) is 9.08. The molecule has 2 aromatic heterocycles. The molecule has 1 fully saturated rings. The highest BCUT2D eigenvalue weighted by Gasteiger charge is 2.42. The van der Waals surface area contributed by atoms with Crippen LogP contribution < -0.4 is 20.3 Å². The van der Waals surface area contributed by atoms with Crippen LogP contribution in [0.25, 0.3) is 11.2 Å². The maximum absolute atomic E-state index is 12.8. The van der Waals surface area contributed by atoms with E-state index in [-0.39, 0.29) is 42.0 Å². The van der Waals surface area contributed by atoms with Gasteiger partial charge in [0.1, 0.15) is 23.2 Å². The van der Waals surface area contributed by atoms with Gasteiger partial charge in [0.25, 0.3) is 5.56 Å². The van der Waals surface area contributed by atoms with Crippen LogP contribution in [0.4, 0.5) is 5.95 Å². The van der Waals surface area contributed by atoms with Crippen molar-refractivity contribution in [2.24, 2.45) is 5.92 Å². The highest BCUT2D eigenvalue weighted by Crippen LogP contribution is 2.43. The Hall–Kier alpha value is -5.04. The fourth-order valence-electron chi connectivity index (χ4n) is 5.81. The number of hydrogen-bond acceptors (Lipinski definition) is 9. The van der Waals surface area contributed by atoms with Gasteiger partial charge in [0.05, 0.1) is 33.3 Å². The van der Waals surface area contributed by atoms with Gasteiger partial charge in [-0.1, -0.05) is 68.4 Å². The molecule has 1 aliphatic heterocycles. The lowest BCUT2D eigenvalue weighted by Crippen LogP contribution is -2.35. The number of methoxy groups -OCH3 is 2. The van der Waals surface area contributed by atoms with E-state index in [9.17, 15) is 14.7 Å². The van der Waals surface area contributed by atoms with Crippen molar-refractivity contribution >= 4 is 23.0 Å². The Balaban J connectivity index is 1.33. The third-order valence-electron chi connectivity index (χ3n) is 8.30. The SMILES string of the molecule is COc1ccc(C(OCC2CC(O)C(n3cnc4c(=O)[nH]c(NC(=O)C(C)C)nc43)O2)(c2ccccc2)c2ccc(OC)cc2)cc1. The molecule has 0 spiro atoms. The molecule has 0 aliphatic carbocycles. The Morgan fingerprint density at radius 1 is 1.00 bits per heavy atom. The molecule has 3 aromatic carbocycles. The molecule has 3 heterocycles. The summed E-state index contributed by atoms with van der Waals surface area (Å²) in [4.78, 5) is 36.2. The van der Waals surface area contributed by atoms with Gasteiger partial charge in [-0.2, -0.15) is 4.98 Å². The third-order valence-corrected chi connectivity index (χ3v) is 8.30. The van der Waals surface area contributed by atoms with Crippen molar-refractivity contribution in [3.8, 4) is 11.5 Å². The van der Waals surface area contributed by atoms with Gasteiger partial charge in [0.15, 0.2) is 17.4 Å². The molecule has 0 saturated carbocycles. The smallest absolute Gasteiger partial charge is 0.280 e. The summed E-state index contributed by atoms with van der Waals surface area (Å²) in [5.74, 6) is 0.788. The number of aliphatic hydroxyl groups is 1. The van der Waals surface area contributed by atoms with E-state index in [2.05, 4.69) is 20.3 Å². The number of H-pyrrole nitrogens is 1. The highest BCUT2D eigenvalue weighted by atomic mass is 16.6. The number of aromatic amines is 1. The maximum atomic E-state index is 12.8. The van der Waals surface area contributed by atoms with E-state index < -0.39 is 29.6 Å². The number of anilines is 1. The van der Waals surface area contributed by atoms with Crippen LogP contribution >= 0.6 is 0 Å². The molecule has 1 saturated heterocycles. The van der Waals surface area contributed by atoms with Crippen molar-refractivity contribution in [3.05, 3.63) is 112 Å². The Morgan fingerprint density at radius 2 is 1.60 bits per heavy atom. The number of carbonyl (C=O) groups is 1. The number of ether oxygens (including phenoxy) is 4. The van der Waals surface area contributed by atoms with Crippen molar-refractivity contribution in [2.75, 3.05) is 26.1 Å². The van der Waals surface area contributed by atoms with E-state index in [1.54, 1.807) is 28.1 Å². The summed E-state index contributed by atoms with van der Waals surface area (Å²) in [5, 5.41) is 13.8. The standard InChI is InChI=1S/C35H37N5O7/c1-21(2)31(42)38-34-37-30-29(32(43)39-34)36-20-40(30)33-28(41)18-27(47-33)19-46-35(22-8-6-5-7-9-22,23-10-14-25(44-3)15-11-23)24-12-16-26(45-4)17-13-24/h5-17,20-21,27-28,33,41H,18-19H2,1-4H3,(H2,37,38,39,42,43). The van der Waals surface area contributed by atoms with E-state index in [0.29, 0.717) is 11.5 Å². The molecule has 1 aliphatic rings. The Labute approximate surface area is 271 Å². The Bertz CT molecular complexity index is 1840. The summed E-state index contributed by atoms with van der Waals surface area (Å²) in [5.41, 5.74) is 1.28. The van der Waals surface area contributed by atoms with E-state index in [1.807, 2.05) is 78.9 Å². The average Bonchev–Trinajstić information content (AvgIpc) is 3.68. The van der Waals surface area contributed by atoms with Crippen LogP contribution in [-0.4, -0.2) is 63.6 Å². The van der Waals surface area contributed by atoms with E-state index in [4.69, 9.17) is 18.9 Å². The number of fused-ring (bicyclic) bond motifs is 1. The van der Waals surface area contributed by atoms with Crippen LogP contribution in [0.3, 0.4) is 0 Å². The zero-order chi connectivity index (χ0) is 33.1. The minimum absolute atomic E-state index is 0.0121. The van der Waals surface area contributed by atoms with Crippen LogP contribution in [0.5, 0.6) is 11.5 Å². The van der Waals surface area contributed by atoms with Crippen LogP contribution in [-0.2, 0) is 19.9 Å². The number of rotatable bonds is 11. The maximum Gasteiger partial charge on any atom is 0.280 e. The number of nitrogens with one attached hydrogen (secondary N) is 2. The van der Waals surface area contributed by atoms with Crippen LogP contribution in [0, 0.1) is 5.92 Å².